The van der Waals surface area contributed by atoms with Crippen molar-refractivity contribution in [1.29, 1.82) is 0 Å². The average Bonchev–Trinajstić information content (AvgIpc) is 3.86. The van der Waals surface area contributed by atoms with Crippen molar-refractivity contribution in [1.82, 2.24) is 10.2 Å². The van der Waals surface area contributed by atoms with Crippen LogP contribution in [0.3, 0.4) is 0 Å². The van der Waals surface area contributed by atoms with E-state index in [1.807, 2.05) is 35.0 Å². The number of rotatable bonds is 0. The zero-order valence-corrected chi connectivity index (χ0v) is 26.0. The molecule has 4 fully saturated rings. The standard InChI is InChI=1S/C6H12.C5H10.C5H6.C4H8O2.C4H4O.C4H4S.C4H8.C2H2N2O/c1-2-4-6-5-3-1;2*1-2-4-5-3-1;1-2-5-4-6-3-1;2*1-2-4-5-3-1;1-2-4-3-1;1-3-4-2-5-1/h1-6H2;1-5H2;1-4H,5H2;1-4H2;2*1-4H;1-4H2;1-2H. The summed E-state index contributed by atoms with van der Waals surface area (Å²) >= 11 is 1.71. The number of nitrogens with zero attached hydrogens (tertiary/aromatic N) is 2. The van der Waals surface area contributed by atoms with E-state index in [1.165, 1.54) is 109 Å². The fraction of sp³-hybridized carbons (Fsp3) is 0.588. The second kappa shape index (κ2) is 33.7. The molecule has 0 N–H and O–H groups in total. The fourth-order valence-corrected chi connectivity index (χ4v) is 4.07. The van der Waals surface area contributed by atoms with E-state index in [9.17, 15) is 0 Å². The molecule has 0 bridgehead atoms. The quantitative estimate of drug-likeness (QED) is 0.261. The predicted octanol–water partition coefficient (Wildman–Crippen LogP) is 10.8. The maximum Gasteiger partial charge on any atom is 0.203 e. The van der Waals surface area contributed by atoms with Crippen LogP contribution in [-0.4, -0.2) is 30.2 Å². The molecule has 8 rings (SSSR count). The molecule has 0 unspecified atom stereocenters. The SMILES string of the molecule is C1=CCC=C1.C1CCC1.C1CCCC1.C1CCCCC1.C1COCOC1.c1ccoc1.c1ccsc1.c1nnco1. The van der Waals surface area contributed by atoms with Gasteiger partial charge in [0.15, 0.2) is 0 Å². The Bertz CT molecular complexity index is 650. The number of hydrogen-bond acceptors (Lipinski definition) is 7. The molecule has 1 saturated heterocycles. The third-order valence-corrected chi connectivity index (χ3v) is 6.91. The van der Waals surface area contributed by atoms with Gasteiger partial charge in [0.1, 0.15) is 6.79 Å². The zero-order valence-electron chi connectivity index (χ0n) is 25.2. The van der Waals surface area contributed by atoms with Gasteiger partial charge in [-0.25, -0.2) is 0 Å². The van der Waals surface area contributed by atoms with Gasteiger partial charge in [-0.05, 0) is 35.7 Å². The summed E-state index contributed by atoms with van der Waals surface area (Å²) in [5.74, 6) is 0. The van der Waals surface area contributed by atoms with Gasteiger partial charge in [-0.1, -0.05) is 133 Å². The van der Waals surface area contributed by atoms with Crippen LogP contribution < -0.4 is 0 Å². The lowest BCUT2D eigenvalue weighted by Crippen LogP contribution is -2.11. The van der Waals surface area contributed by atoms with Crippen molar-refractivity contribution in [3.05, 3.63) is 84.6 Å². The highest BCUT2D eigenvalue weighted by molar-refractivity contribution is 7.07. The first-order valence-corrected chi connectivity index (χ1v) is 16.5. The molecule has 0 amide bonds. The molecular weight excluding hydrogens is 532 g/mol. The first-order valence-electron chi connectivity index (χ1n) is 15.6. The van der Waals surface area contributed by atoms with Crippen LogP contribution in [0, 0.1) is 0 Å². The second-order valence-corrected chi connectivity index (χ2v) is 10.7. The van der Waals surface area contributed by atoms with Gasteiger partial charge in [-0.2, -0.15) is 11.3 Å². The van der Waals surface area contributed by atoms with E-state index in [0.717, 1.165) is 26.1 Å². The zero-order chi connectivity index (χ0) is 29.0. The lowest BCUT2D eigenvalue weighted by molar-refractivity contribution is -0.0963. The van der Waals surface area contributed by atoms with E-state index < -0.39 is 0 Å². The smallest absolute Gasteiger partial charge is 0.203 e. The summed E-state index contributed by atoms with van der Waals surface area (Å²) in [7, 11) is 0. The van der Waals surface area contributed by atoms with Gasteiger partial charge in [-0.15, -0.1) is 10.2 Å². The van der Waals surface area contributed by atoms with Crippen molar-refractivity contribution >= 4 is 11.3 Å². The van der Waals surface area contributed by atoms with Crippen molar-refractivity contribution in [3.8, 4) is 0 Å². The minimum Gasteiger partial charge on any atom is -0.473 e. The predicted molar refractivity (Wildman–Crippen MR) is 171 cm³/mol. The van der Waals surface area contributed by atoms with E-state index >= 15 is 0 Å². The van der Waals surface area contributed by atoms with Crippen molar-refractivity contribution in [3.63, 3.8) is 0 Å². The van der Waals surface area contributed by atoms with Crippen LogP contribution >= 0.6 is 11.3 Å². The summed E-state index contributed by atoms with van der Waals surface area (Å²) in [5, 5.41) is 10.7. The van der Waals surface area contributed by atoms with Crippen LogP contribution in [0.15, 0.2) is 93.5 Å². The monoisotopic (exact) mass is 586 g/mol. The highest BCUT2D eigenvalue weighted by Crippen LogP contribution is 2.16. The molecule has 0 spiro atoms. The minimum atomic E-state index is 0.500. The van der Waals surface area contributed by atoms with Gasteiger partial charge in [0.25, 0.3) is 0 Å². The molecule has 230 valence electrons. The summed E-state index contributed by atoms with van der Waals surface area (Å²) < 4.78 is 18.6. The minimum absolute atomic E-state index is 0.500. The molecule has 41 heavy (non-hydrogen) atoms. The first kappa shape index (κ1) is 36.5. The van der Waals surface area contributed by atoms with Crippen molar-refractivity contribution in [2.45, 2.75) is 109 Å². The van der Waals surface area contributed by atoms with E-state index in [2.05, 4.69) is 43.3 Å². The Morgan fingerprint density at radius 1 is 0.463 bits per heavy atom. The summed E-state index contributed by atoms with van der Waals surface area (Å²) in [6.45, 7) is 2.25. The molecule has 4 heterocycles. The van der Waals surface area contributed by atoms with Gasteiger partial charge >= 0.3 is 0 Å². The molecule has 4 aliphatic carbocycles. The van der Waals surface area contributed by atoms with Crippen LogP contribution in [0.5, 0.6) is 0 Å². The van der Waals surface area contributed by atoms with Crippen LogP contribution in [0.1, 0.15) is 109 Å². The Kier molecular flexibility index (Phi) is 30.1. The third-order valence-electron chi connectivity index (χ3n) is 6.28. The summed E-state index contributed by atoms with van der Waals surface area (Å²) in [5.41, 5.74) is 0. The van der Waals surface area contributed by atoms with Crippen LogP contribution in [-0.2, 0) is 9.47 Å². The number of allylic oxidation sites excluding steroid dienone is 4. The molecule has 6 nitrogen and oxygen atoms in total. The summed E-state index contributed by atoms with van der Waals surface area (Å²) in [6.07, 6.45) is 38.8. The average molecular weight is 587 g/mol. The topological polar surface area (TPSA) is 70.5 Å². The number of hydrogen-bond donors (Lipinski definition) is 0. The van der Waals surface area contributed by atoms with Gasteiger partial charge in [-0.3, -0.25) is 0 Å². The lowest BCUT2D eigenvalue weighted by atomic mass is 10.0. The van der Waals surface area contributed by atoms with Crippen LogP contribution in [0.2, 0.25) is 0 Å². The van der Waals surface area contributed by atoms with Crippen molar-refractivity contribution in [2.24, 2.45) is 0 Å². The van der Waals surface area contributed by atoms with Gasteiger partial charge in [0.2, 0.25) is 12.8 Å². The molecule has 7 heteroatoms. The van der Waals surface area contributed by atoms with E-state index in [-0.39, 0.29) is 0 Å². The Hall–Kier alpha value is -2.48. The summed E-state index contributed by atoms with van der Waals surface area (Å²) in [4.78, 5) is 0. The normalized spacial score (nSPS) is 17.4. The number of ether oxygens (including phenoxy) is 2. The fourth-order valence-electron chi connectivity index (χ4n) is 3.62. The molecule has 1 aliphatic heterocycles. The van der Waals surface area contributed by atoms with E-state index in [4.69, 9.17) is 9.47 Å². The first-order chi connectivity index (χ1) is 20.5. The van der Waals surface area contributed by atoms with E-state index in [1.54, 1.807) is 23.9 Å². The van der Waals surface area contributed by atoms with Gasteiger partial charge < -0.3 is 18.3 Å². The highest BCUT2D eigenvalue weighted by Gasteiger charge is 1.96. The molecular formula is C34H54N2O4S. The Labute approximate surface area is 253 Å². The second-order valence-electron chi connectivity index (χ2n) is 9.85. The molecule has 5 aliphatic rings. The number of furan rings is 1. The molecule has 3 aromatic heterocycles. The molecule has 0 radical (unpaired) electrons. The lowest BCUT2D eigenvalue weighted by Gasteiger charge is -2.09. The third kappa shape index (κ3) is 31.9. The Morgan fingerprint density at radius 3 is 1.02 bits per heavy atom. The number of thiophene rings is 1. The van der Waals surface area contributed by atoms with E-state index in [0.29, 0.717) is 6.79 Å². The molecule has 0 atom stereocenters. The molecule has 0 aromatic carbocycles. The van der Waals surface area contributed by atoms with Crippen molar-refractivity contribution in [2.75, 3.05) is 20.0 Å². The molecule has 3 aromatic rings. The maximum atomic E-state index is 4.85. The molecule has 3 saturated carbocycles. The largest absolute Gasteiger partial charge is 0.473 e. The Morgan fingerprint density at radius 2 is 0.878 bits per heavy atom. The number of aromatic nitrogens is 2. The van der Waals surface area contributed by atoms with Crippen LogP contribution in [0.4, 0.5) is 0 Å². The van der Waals surface area contributed by atoms with Gasteiger partial charge in [0.05, 0.1) is 25.7 Å². The van der Waals surface area contributed by atoms with Crippen molar-refractivity contribution < 1.29 is 18.3 Å². The maximum absolute atomic E-state index is 4.85. The Balaban J connectivity index is 0.000000235. The summed E-state index contributed by atoms with van der Waals surface area (Å²) in [6, 6.07) is 7.70. The highest BCUT2D eigenvalue weighted by atomic mass is 32.1. The van der Waals surface area contributed by atoms with Gasteiger partial charge in [0, 0.05) is 0 Å². The van der Waals surface area contributed by atoms with Crippen LogP contribution in [0.25, 0.3) is 0 Å².